The van der Waals surface area contributed by atoms with Gasteiger partial charge in [-0.25, -0.2) is 0 Å². The molecule has 0 saturated carbocycles. The van der Waals surface area contributed by atoms with Crippen LogP contribution in [0.2, 0.25) is 0 Å². The highest BCUT2D eigenvalue weighted by Crippen LogP contribution is 2.47. The third-order valence-corrected chi connectivity index (χ3v) is 13.2. The highest BCUT2D eigenvalue weighted by atomic mass is 14.2. The summed E-state index contributed by atoms with van der Waals surface area (Å²) in [7, 11) is 0. The summed E-state index contributed by atoms with van der Waals surface area (Å²) in [5, 5.41) is 30.0. The molecule has 0 atom stereocenters. The molecule has 0 N–H and O–H groups in total. The van der Waals surface area contributed by atoms with Gasteiger partial charge in [0.05, 0.1) is 0 Å². The molecular formula is C60H36. The summed E-state index contributed by atoms with van der Waals surface area (Å²) in [6.07, 6.45) is 0. The zero-order valence-corrected chi connectivity index (χ0v) is 32.8. The van der Waals surface area contributed by atoms with Gasteiger partial charge in [-0.05, 0) is 129 Å². The highest BCUT2D eigenvalue weighted by molar-refractivity contribution is 6.42. The molecule has 18 aromatic rings. The van der Waals surface area contributed by atoms with Crippen LogP contribution in [-0.4, -0.2) is 0 Å². The van der Waals surface area contributed by atoms with Gasteiger partial charge in [0.2, 0.25) is 0 Å². The standard InChI is InChI=1S/C60H36/c1-2-20-38-37(19-1)55-39-21-3-4-22-40(39)56(38)51-33-15-16-34-52(51)58-45-27-9-11-29-47(45)60(48-30-12-10-28-46(48)58)54-36-18-17-35-53(54)59-43-25-7-5-23-41(43)57(42-24-6-8-26-44(42)59)50-32-14-13-31-49(50)55/h1-36H. The van der Waals surface area contributed by atoms with Crippen LogP contribution < -0.4 is 0 Å². The van der Waals surface area contributed by atoms with E-state index in [0.29, 0.717) is 0 Å². The van der Waals surface area contributed by atoms with Crippen LogP contribution in [0.3, 0.4) is 0 Å². The van der Waals surface area contributed by atoms with Gasteiger partial charge in [0.15, 0.2) is 0 Å². The van der Waals surface area contributed by atoms with Crippen molar-refractivity contribution in [1.29, 1.82) is 0 Å². The Morgan fingerprint density at radius 3 is 0.233 bits per heavy atom. The maximum atomic E-state index is 2.35. The average Bonchev–Trinajstić information content (AvgIpc) is 3.31. The minimum absolute atomic E-state index is 1.24. The molecular weight excluding hydrogens is 721 g/mol. The lowest BCUT2D eigenvalue weighted by Gasteiger charge is -2.17. The van der Waals surface area contributed by atoms with E-state index in [1.165, 1.54) is 129 Å². The fourth-order valence-electron chi connectivity index (χ4n) is 10.9. The van der Waals surface area contributed by atoms with Crippen LogP contribution in [0.25, 0.3) is 129 Å². The Morgan fingerprint density at radius 2 is 0.167 bits per heavy atom. The summed E-state index contributed by atoms with van der Waals surface area (Å²) in [4.78, 5) is 0. The Labute approximate surface area is 346 Å². The predicted molar refractivity (Wildman–Crippen MR) is 263 cm³/mol. The van der Waals surface area contributed by atoms with Crippen molar-refractivity contribution in [3.63, 3.8) is 0 Å². The molecule has 18 aromatic carbocycles. The van der Waals surface area contributed by atoms with Gasteiger partial charge in [0.1, 0.15) is 0 Å². The fourth-order valence-corrected chi connectivity index (χ4v) is 10.9. The lowest BCUT2D eigenvalue weighted by Crippen LogP contribution is -1.88. The van der Waals surface area contributed by atoms with Crippen LogP contribution in [-0.2, 0) is 0 Å². The first-order valence-electron chi connectivity index (χ1n) is 20.9. The van der Waals surface area contributed by atoms with Crippen molar-refractivity contribution in [2.24, 2.45) is 0 Å². The molecule has 0 aliphatic carbocycles. The van der Waals surface area contributed by atoms with Crippen molar-refractivity contribution < 1.29 is 0 Å². The molecule has 0 aliphatic rings. The van der Waals surface area contributed by atoms with Crippen LogP contribution in [0.1, 0.15) is 0 Å². The van der Waals surface area contributed by atoms with E-state index in [4.69, 9.17) is 0 Å². The largest absolute Gasteiger partial charge is 0.0616 e. The molecule has 0 nitrogen and oxygen atoms in total. The van der Waals surface area contributed by atoms with E-state index < -0.39 is 0 Å². The Balaban J connectivity index is 1.52. The Hall–Kier alpha value is -7.80. The molecule has 0 aromatic heterocycles. The van der Waals surface area contributed by atoms with Crippen LogP contribution in [0.5, 0.6) is 0 Å². The van der Waals surface area contributed by atoms with Crippen molar-refractivity contribution in [3.05, 3.63) is 218 Å². The summed E-state index contributed by atoms with van der Waals surface area (Å²) in [5.41, 5.74) is 0. The van der Waals surface area contributed by atoms with Gasteiger partial charge < -0.3 is 0 Å². The van der Waals surface area contributed by atoms with Gasteiger partial charge in [0, 0.05) is 0 Å². The van der Waals surface area contributed by atoms with E-state index in [1.54, 1.807) is 0 Å². The average molecular weight is 757 g/mol. The van der Waals surface area contributed by atoms with Gasteiger partial charge in [-0.2, -0.15) is 0 Å². The second kappa shape index (κ2) is 12.9. The molecule has 0 saturated heterocycles. The SMILES string of the molecule is c1ccc2c(c1)c1c3ccccc3c2c2ccccc2c2c3ccccc3c(c3ccccc32)c2ccccc2c2c3ccccc3c(c3ccccc32)c2ccccc21. The topological polar surface area (TPSA) is 0 Å². The van der Waals surface area contributed by atoms with Gasteiger partial charge >= 0.3 is 0 Å². The molecule has 0 radical (unpaired) electrons. The second-order valence-corrected chi connectivity index (χ2v) is 16.2. The van der Waals surface area contributed by atoms with Gasteiger partial charge in [-0.3, -0.25) is 0 Å². The number of hydrogen-bond donors (Lipinski definition) is 0. The summed E-state index contributed by atoms with van der Waals surface area (Å²) in [6.45, 7) is 0. The fraction of sp³-hybridized carbons (Fsp3) is 0. The van der Waals surface area contributed by atoms with Crippen LogP contribution in [0.4, 0.5) is 0 Å². The maximum absolute atomic E-state index is 2.35. The second-order valence-electron chi connectivity index (χ2n) is 16.2. The summed E-state index contributed by atoms with van der Waals surface area (Å²) < 4.78 is 0. The first-order chi connectivity index (χ1) is 29.8. The van der Waals surface area contributed by atoms with Crippen LogP contribution >= 0.6 is 0 Å². The number of hydrogen-bond acceptors (Lipinski definition) is 0. The zero-order chi connectivity index (χ0) is 39.3. The smallest absolute Gasteiger partial charge is 0.00201 e. The molecule has 6 bridgehead atoms. The summed E-state index contributed by atoms with van der Waals surface area (Å²) >= 11 is 0. The number of benzene rings is 12. The lowest BCUT2D eigenvalue weighted by atomic mass is 9.86. The van der Waals surface area contributed by atoms with Crippen LogP contribution in [0.15, 0.2) is 218 Å². The molecule has 0 fully saturated rings. The minimum Gasteiger partial charge on any atom is -0.0616 e. The maximum Gasteiger partial charge on any atom is -0.00201 e. The third kappa shape index (κ3) is 4.56. The molecule has 0 unspecified atom stereocenters. The monoisotopic (exact) mass is 756 g/mol. The Kier molecular flexibility index (Phi) is 7.11. The van der Waals surface area contributed by atoms with Gasteiger partial charge in [0.25, 0.3) is 0 Å². The first-order valence-corrected chi connectivity index (χ1v) is 20.9. The van der Waals surface area contributed by atoms with E-state index in [1.807, 2.05) is 0 Å². The number of rotatable bonds is 0. The Morgan fingerprint density at radius 1 is 0.100 bits per heavy atom. The normalized spacial score (nSPS) is 12.0. The first kappa shape index (κ1) is 33.2. The van der Waals surface area contributed by atoms with Crippen molar-refractivity contribution in [1.82, 2.24) is 0 Å². The van der Waals surface area contributed by atoms with Crippen molar-refractivity contribution >= 4 is 129 Å². The minimum atomic E-state index is 1.24. The van der Waals surface area contributed by atoms with Crippen molar-refractivity contribution in [2.75, 3.05) is 0 Å². The molecule has 0 amide bonds. The summed E-state index contributed by atoms with van der Waals surface area (Å²) in [6, 6.07) is 82.0. The van der Waals surface area contributed by atoms with E-state index >= 15 is 0 Å². The zero-order valence-electron chi connectivity index (χ0n) is 32.8. The van der Waals surface area contributed by atoms with Gasteiger partial charge in [-0.15, -0.1) is 0 Å². The quantitative estimate of drug-likeness (QED) is 0.135. The molecule has 0 heteroatoms. The van der Waals surface area contributed by atoms with Crippen molar-refractivity contribution in [3.8, 4) is 0 Å². The predicted octanol–water partition coefficient (Wildman–Crippen LogP) is 17.2. The van der Waals surface area contributed by atoms with E-state index in [0.717, 1.165) is 0 Å². The highest BCUT2D eigenvalue weighted by Gasteiger charge is 2.18. The molecule has 0 heterocycles. The van der Waals surface area contributed by atoms with E-state index in [-0.39, 0.29) is 0 Å². The van der Waals surface area contributed by atoms with E-state index in [9.17, 15) is 0 Å². The van der Waals surface area contributed by atoms with Crippen molar-refractivity contribution in [2.45, 2.75) is 0 Å². The van der Waals surface area contributed by atoms with Crippen LogP contribution in [0, 0.1) is 0 Å². The lowest BCUT2D eigenvalue weighted by molar-refractivity contribution is 1.78. The Bertz CT molecular complexity index is 3240. The summed E-state index contributed by atoms with van der Waals surface area (Å²) in [5.74, 6) is 0. The molecule has 18 rings (SSSR count). The molecule has 0 spiro atoms. The molecule has 0 aliphatic heterocycles. The van der Waals surface area contributed by atoms with E-state index in [2.05, 4.69) is 218 Å². The van der Waals surface area contributed by atoms with Gasteiger partial charge in [-0.1, -0.05) is 218 Å². The molecule has 60 heavy (non-hydrogen) atoms. The third-order valence-electron chi connectivity index (χ3n) is 13.2. The molecule has 276 valence electrons.